The number of hydrogen-bond acceptors (Lipinski definition) is 3. The molecule has 20 heavy (non-hydrogen) atoms. The lowest BCUT2D eigenvalue weighted by Gasteiger charge is -2.08. The van der Waals surface area contributed by atoms with Crippen molar-refractivity contribution in [2.75, 3.05) is 0 Å². The van der Waals surface area contributed by atoms with E-state index in [-0.39, 0.29) is 5.82 Å². The maximum atomic E-state index is 14.0. The quantitative estimate of drug-likeness (QED) is 0.751. The first kappa shape index (κ1) is 12.7. The topological polar surface area (TPSA) is 56.7 Å². The molecule has 0 amide bonds. The zero-order valence-electron chi connectivity index (χ0n) is 10.5. The summed E-state index contributed by atoms with van der Waals surface area (Å²) in [5.74, 6) is 0.364. The fourth-order valence-electron chi connectivity index (χ4n) is 2.13. The molecule has 3 aromatic rings. The normalized spacial score (nSPS) is 10.8. The van der Waals surface area contributed by atoms with Crippen molar-refractivity contribution in [1.82, 2.24) is 14.5 Å². The van der Waals surface area contributed by atoms with E-state index in [1.54, 1.807) is 10.6 Å². The number of pyridine rings is 1. The summed E-state index contributed by atoms with van der Waals surface area (Å²) in [6, 6.07) is 10.4. The van der Waals surface area contributed by atoms with Gasteiger partial charge < -0.3 is 5.73 Å². The number of rotatable bonds is 3. The van der Waals surface area contributed by atoms with Crippen molar-refractivity contribution in [2.24, 2.45) is 5.73 Å². The van der Waals surface area contributed by atoms with E-state index in [9.17, 15) is 4.39 Å². The van der Waals surface area contributed by atoms with Crippen molar-refractivity contribution >= 4 is 28.2 Å². The van der Waals surface area contributed by atoms with Gasteiger partial charge in [-0.25, -0.2) is 14.4 Å². The Hall–Kier alpha value is -2.34. The second kappa shape index (κ2) is 4.97. The molecule has 0 saturated carbocycles. The van der Waals surface area contributed by atoms with Gasteiger partial charge in [0.15, 0.2) is 11.6 Å². The molecule has 0 bridgehead atoms. The molecule has 2 aromatic heterocycles. The predicted octanol–water partition coefficient (Wildman–Crippen LogP) is 2.39. The van der Waals surface area contributed by atoms with Crippen LogP contribution in [-0.4, -0.2) is 19.5 Å². The van der Waals surface area contributed by atoms with Gasteiger partial charge in [-0.3, -0.25) is 4.57 Å². The first-order valence-corrected chi connectivity index (χ1v) is 6.43. The SMILES string of the molecule is NC(=S)Cc1nc2ccccc2n1-c1ncccc1F. The molecule has 6 heteroatoms. The monoisotopic (exact) mass is 286 g/mol. The zero-order valence-corrected chi connectivity index (χ0v) is 11.3. The average Bonchev–Trinajstić information content (AvgIpc) is 2.76. The highest BCUT2D eigenvalue weighted by Crippen LogP contribution is 2.22. The third kappa shape index (κ3) is 2.14. The number of thiocarbonyl (C=S) groups is 1. The molecule has 100 valence electrons. The van der Waals surface area contributed by atoms with Gasteiger partial charge in [0.1, 0.15) is 5.82 Å². The molecule has 0 spiro atoms. The minimum atomic E-state index is -0.417. The Morgan fingerprint density at radius 2 is 2.05 bits per heavy atom. The summed E-state index contributed by atoms with van der Waals surface area (Å²) in [5.41, 5.74) is 7.12. The van der Waals surface area contributed by atoms with Gasteiger partial charge in [0.2, 0.25) is 0 Å². The fraction of sp³-hybridized carbons (Fsp3) is 0.0714. The van der Waals surface area contributed by atoms with Crippen molar-refractivity contribution in [2.45, 2.75) is 6.42 Å². The van der Waals surface area contributed by atoms with Crippen molar-refractivity contribution in [3.05, 3.63) is 54.2 Å². The second-order valence-electron chi connectivity index (χ2n) is 4.30. The van der Waals surface area contributed by atoms with Crippen LogP contribution in [0.15, 0.2) is 42.6 Å². The highest BCUT2D eigenvalue weighted by Gasteiger charge is 2.16. The summed E-state index contributed by atoms with van der Waals surface area (Å²) in [4.78, 5) is 8.87. The number of imidazole rings is 1. The van der Waals surface area contributed by atoms with E-state index in [0.717, 1.165) is 11.0 Å². The molecule has 0 aliphatic rings. The Balaban J connectivity index is 2.31. The third-order valence-electron chi connectivity index (χ3n) is 2.91. The van der Waals surface area contributed by atoms with Crippen LogP contribution in [0.3, 0.4) is 0 Å². The molecule has 0 saturated heterocycles. The van der Waals surface area contributed by atoms with E-state index >= 15 is 0 Å². The first-order valence-electron chi connectivity index (χ1n) is 6.02. The molecule has 1 aromatic carbocycles. The van der Waals surface area contributed by atoms with Gasteiger partial charge in [-0.15, -0.1) is 0 Å². The molecule has 4 nitrogen and oxygen atoms in total. The van der Waals surface area contributed by atoms with Crippen molar-refractivity contribution in [3.8, 4) is 5.82 Å². The first-order chi connectivity index (χ1) is 9.66. The molecule has 0 unspecified atom stereocenters. The number of benzene rings is 1. The lowest BCUT2D eigenvalue weighted by atomic mass is 10.3. The zero-order chi connectivity index (χ0) is 14.1. The number of halogens is 1. The maximum Gasteiger partial charge on any atom is 0.175 e. The molecule has 0 radical (unpaired) electrons. The van der Waals surface area contributed by atoms with Gasteiger partial charge in [0.05, 0.1) is 22.4 Å². The highest BCUT2D eigenvalue weighted by atomic mass is 32.1. The van der Waals surface area contributed by atoms with Crippen LogP contribution in [0.4, 0.5) is 4.39 Å². The van der Waals surface area contributed by atoms with Crippen molar-refractivity contribution in [3.63, 3.8) is 0 Å². The molecule has 0 aliphatic carbocycles. The van der Waals surface area contributed by atoms with Crippen LogP contribution >= 0.6 is 12.2 Å². The van der Waals surface area contributed by atoms with Gasteiger partial charge in [0, 0.05) is 6.20 Å². The number of nitrogens with two attached hydrogens (primary N) is 1. The third-order valence-corrected chi connectivity index (χ3v) is 3.06. The van der Waals surface area contributed by atoms with Gasteiger partial charge in [-0.1, -0.05) is 24.4 Å². The Kier molecular flexibility index (Phi) is 3.15. The average molecular weight is 286 g/mol. The Labute approximate surface area is 120 Å². The van der Waals surface area contributed by atoms with Gasteiger partial charge in [0.25, 0.3) is 0 Å². The molecule has 2 heterocycles. The summed E-state index contributed by atoms with van der Waals surface area (Å²) in [6.07, 6.45) is 1.83. The summed E-state index contributed by atoms with van der Waals surface area (Å²) in [7, 11) is 0. The smallest absolute Gasteiger partial charge is 0.175 e. The molecule has 0 aliphatic heterocycles. The van der Waals surface area contributed by atoms with Gasteiger partial charge in [-0.2, -0.15) is 0 Å². The van der Waals surface area contributed by atoms with Crippen LogP contribution in [0.25, 0.3) is 16.9 Å². The van der Waals surface area contributed by atoms with Crippen molar-refractivity contribution in [1.29, 1.82) is 0 Å². The minimum absolute atomic E-state index is 0.201. The predicted molar refractivity (Wildman–Crippen MR) is 79.3 cm³/mol. The van der Waals surface area contributed by atoms with Gasteiger partial charge in [-0.05, 0) is 24.3 Å². The number of hydrogen-bond donors (Lipinski definition) is 1. The highest BCUT2D eigenvalue weighted by molar-refractivity contribution is 7.80. The van der Waals surface area contributed by atoms with E-state index in [2.05, 4.69) is 9.97 Å². The number of para-hydroxylation sites is 2. The molecular formula is C14H11FN4S. The molecule has 2 N–H and O–H groups in total. The molecule has 0 fully saturated rings. The Morgan fingerprint density at radius 3 is 2.80 bits per heavy atom. The maximum absolute atomic E-state index is 14.0. The van der Waals surface area contributed by atoms with E-state index in [4.69, 9.17) is 18.0 Å². The van der Waals surface area contributed by atoms with Crippen LogP contribution < -0.4 is 5.73 Å². The van der Waals surface area contributed by atoms with E-state index in [0.29, 0.717) is 17.2 Å². The van der Waals surface area contributed by atoms with Crippen molar-refractivity contribution < 1.29 is 4.39 Å². The molecule has 3 rings (SSSR count). The fourth-order valence-corrected chi connectivity index (χ4v) is 2.26. The second-order valence-corrected chi connectivity index (χ2v) is 4.83. The Morgan fingerprint density at radius 1 is 1.25 bits per heavy atom. The minimum Gasteiger partial charge on any atom is -0.393 e. The van der Waals surface area contributed by atoms with E-state index in [1.165, 1.54) is 12.3 Å². The standard InChI is InChI=1S/C14H11FN4S/c15-9-4-3-7-17-14(9)19-11-6-2-1-5-10(11)18-13(19)8-12(16)20/h1-7H,8H2,(H2,16,20). The van der Waals surface area contributed by atoms with Crippen LogP contribution in [0.2, 0.25) is 0 Å². The van der Waals surface area contributed by atoms with Crippen LogP contribution in [0.1, 0.15) is 5.82 Å². The molecule has 0 atom stereocenters. The lowest BCUT2D eigenvalue weighted by Crippen LogP contribution is -2.15. The van der Waals surface area contributed by atoms with Gasteiger partial charge >= 0.3 is 0 Å². The van der Waals surface area contributed by atoms with Crippen LogP contribution in [0, 0.1) is 5.82 Å². The lowest BCUT2D eigenvalue weighted by molar-refractivity contribution is 0.609. The number of nitrogens with zero attached hydrogens (tertiary/aromatic N) is 3. The summed E-state index contributed by atoms with van der Waals surface area (Å²) >= 11 is 4.93. The summed E-state index contributed by atoms with van der Waals surface area (Å²) in [5, 5.41) is 0. The van der Waals surface area contributed by atoms with Crippen LogP contribution in [-0.2, 0) is 6.42 Å². The van der Waals surface area contributed by atoms with E-state index in [1.807, 2.05) is 24.3 Å². The number of aromatic nitrogens is 3. The largest absolute Gasteiger partial charge is 0.393 e. The Bertz CT molecular complexity index is 797. The summed E-state index contributed by atoms with van der Waals surface area (Å²) < 4.78 is 15.7. The van der Waals surface area contributed by atoms with Crippen LogP contribution in [0.5, 0.6) is 0 Å². The summed E-state index contributed by atoms with van der Waals surface area (Å²) in [6.45, 7) is 0. The van der Waals surface area contributed by atoms with E-state index < -0.39 is 5.82 Å². The molecular weight excluding hydrogens is 275 g/mol. The number of fused-ring (bicyclic) bond motifs is 1.